The van der Waals surface area contributed by atoms with E-state index in [2.05, 4.69) is 16.7 Å². The fraction of sp³-hybridized carbons (Fsp3) is 0.160. The van der Waals surface area contributed by atoms with Crippen LogP contribution in [0.5, 0.6) is 0 Å². The number of nitriles is 1. The molecule has 3 aromatic carbocycles. The average Bonchev–Trinajstić information content (AvgIpc) is 2.77. The SMILES string of the molecule is CC(=O)c1ccc(C#N)c(NCc2cccc(C(=O)NCc3ccc(C)cc3)c2)c1. The van der Waals surface area contributed by atoms with Crippen molar-refractivity contribution in [2.24, 2.45) is 0 Å². The Morgan fingerprint density at radius 1 is 0.900 bits per heavy atom. The third kappa shape index (κ3) is 5.33. The van der Waals surface area contributed by atoms with Crippen LogP contribution in [0.1, 0.15) is 49.9 Å². The summed E-state index contributed by atoms with van der Waals surface area (Å²) in [5.74, 6) is -0.205. The number of rotatable bonds is 7. The van der Waals surface area contributed by atoms with Crippen molar-refractivity contribution in [3.8, 4) is 6.07 Å². The standard InChI is InChI=1S/C25H23N3O2/c1-17-6-8-19(9-7-17)15-28-25(30)22-5-3-4-20(12-22)16-27-24-13-21(18(2)29)10-11-23(24)14-26/h3-13,27H,15-16H2,1-2H3,(H,28,30). The number of benzene rings is 3. The third-order valence-electron chi connectivity index (χ3n) is 4.79. The van der Waals surface area contributed by atoms with Crippen LogP contribution in [0.15, 0.2) is 66.7 Å². The van der Waals surface area contributed by atoms with Gasteiger partial charge in [0.15, 0.2) is 5.78 Å². The molecule has 0 aliphatic rings. The topological polar surface area (TPSA) is 82.0 Å². The molecule has 3 aromatic rings. The van der Waals surface area contributed by atoms with Gasteiger partial charge in [-0.25, -0.2) is 0 Å². The van der Waals surface area contributed by atoms with Crippen molar-refractivity contribution in [3.63, 3.8) is 0 Å². The molecule has 0 spiro atoms. The van der Waals surface area contributed by atoms with Crippen molar-refractivity contribution in [1.82, 2.24) is 5.32 Å². The summed E-state index contributed by atoms with van der Waals surface area (Å²) in [6, 6.07) is 22.4. The zero-order valence-corrected chi connectivity index (χ0v) is 17.0. The highest BCUT2D eigenvalue weighted by Gasteiger charge is 2.09. The minimum Gasteiger partial charge on any atom is -0.380 e. The monoisotopic (exact) mass is 397 g/mol. The lowest BCUT2D eigenvalue weighted by Gasteiger charge is -2.11. The Labute approximate surface area is 176 Å². The molecule has 0 aliphatic heterocycles. The molecule has 0 radical (unpaired) electrons. The first-order valence-corrected chi connectivity index (χ1v) is 9.68. The Bertz CT molecular complexity index is 1110. The van der Waals surface area contributed by atoms with Crippen molar-refractivity contribution in [1.29, 1.82) is 5.26 Å². The van der Waals surface area contributed by atoms with Gasteiger partial charge in [0.2, 0.25) is 0 Å². The van der Waals surface area contributed by atoms with Gasteiger partial charge in [-0.2, -0.15) is 5.26 Å². The summed E-state index contributed by atoms with van der Waals surface area (Å²) < 4.78 is 0. The maximum atomic E-state index is 12.5. The first kappa shape index (κ1) is 20.8. The Morgan fingerprint density at radius 3 is 2.37 bits per heavy atom. The molecule has 0 saturated carbocycles. The molecule has 0 fully saturated rings. The summed E-state index contributed by atoms with van der Waals surface area (Å²) in [7, 11) is 0. The molecular formula is C25H23N3O2. The minimum atomic E-state index is -0.145. The highest BCUT2D eigenvalue weighted by Crippen LogP contribution is 2.19. The van der Waals surface area contributed by atoms with Crippen LogP contribution < -0.4 is 10.6 Å². The number of hydrogen-bond acceptors (Lipinski definition) is 4. The molecule has 150 valence electrons. The summed E-state index contributed by atoms with van der Waals surface area (Å²) in [5, 5.41) is 15.4. The molecule has 30 heavy (non-hydrogen) atoms. The Hall–Kier alpha value is -3.91. The Morgan fingerprint density at radius 2 is 1.67 bits per heavy atom. The van der Waals surface area contributed by atoms with E-state index in [1.165, 1.54) is 12.5 Å². The van der Waals surface area contributed by atoms with Crippen LogP contribution in [-0.2, 0) is 13.1 Å². The van der Waals surface area contributed by atoms with Gasteiger partial charge in [0.05, 0.1) is 11.3 Å². The van der Waals surface area contributed by atoms with Crippen molar-refractivity contribution in [2.75, 3.05) is 5.32 Å². The van der Waals surface area contributed by atoms with Crippen molar-refractivity contribution >= 4 is 17.4 Å². The predicted octanol–water partition coefficient (Wildman–Crippen LogP) is 4.61. The van der Waals surface area contributed by atoms with E-state index in [0.717, 1.165) is 11.1 Å². The van der Waals surface area contributed by atoms with Gasteiger partial charge in [-0.15, -0.1) is 0 Å². The first-order chi connectivity index (χ1) is 14.5. The van der Waals surface area contributed by atoms with Gasteiger partial charge in [0.25, 0.3) is 5.91 Å². The fourth-order valence-corrected chi connectivity index (χ4v) is 3.02. The number of Topliss-reactive ketones (excluding diaryl/α,β-unsaturated/α-hetero) is 1. The molecule has 0 heterocycles. The molecule has 1 amide bonds. The van der Waals surface area contributed by atoms with Gasteiger partial charge in [-0.1, -0.05) is 42.0 Å². The molecule has 5 heteroatoms. The molecule has 0 unspecified atom stereocenters. The zero-order valence-electron chi connectivity index (χ0n) is 17.0. The maximum Gasteiger partial charge on any atom is 0.251 e. The smallest absolute Gasteiger partial charge is 0.251 e. The number of nitrogens with one attached hydrogen (secondary N) is 2. The lowest BCUT2D eigenvalue weighted by atomic mass is 10.1. The molecule has 2 N–H and O–H groups in total. The third-order valence-corrected chi connectivity index (χ3v) is 4.79. The van der Waals surface area contributed by atoms with E-state index in [1.54, 1.807) is 24.3 Å². The van der Waals surface area contributed by atoms with Gasteiger partial charge in [-0.3, -0.25) is 9.59 Å². The fourth-order valence-electron chi connectivity index (χ4n) is 3.02. The van der Waals surface area contributed by atoms with Crippen LogP contribution >= 0.6 is 0 Å². The van der Waals surface area contributed by atoms with E-state index in [1.807, 2.05) is 49.4 Å². The van der Waals surface area contributed by atoms with Gasteiger partial charge < -0.3 is 10.6 Å². The predicted molar refractivity (Wildman–Crippen MR) is 117 cm³/mol. The van der Waals surface area contributed by atoms with Gasteiger partial charge >= 0.3 is 0 Å². The lowest BCUT2D eigenvalue weighted by molar-refractivity contribution is 0.0949. The van der Waals surface area contributed by atoms with E-state index >= 15 is 0 Å². The molecule has 0 saturated heterocycles. The van der Waals surface area contributed by atoms with Crippen molar-refractivity contribution < 1.29 is 9.59 Å². The van der Waals surface area contributed by atoms with Crippen LogP contribution in [0, 0.1) is 18.3 Å². The average molecular weight is 397 g/mol. The number of carbonyl (C=O) groups excluding carboxylic acids is 2. The molecule has 5 nitrogen and oxygen atoms in total. The van der Waals surface area contributed by atoms with E-state index < -0.39 is 0 Å². The lowest BCUT2D eigenvalue weighted by Crippen LogP contribution is -2.22. The number of nitrogens with zero attached hydrogens (tertiary/aromatic N) is 1. The van der Waals surface area contributed by atoms with E-state index in [-0.39, 0.29) is 11.7 Å². The van der Waals surface area contributed by atoms with Gasteiger partial charge in [0, 0.05) is 24.2 Å². The number of aryl methyl sites for hydroxylation is 1. The maximum absolute atomic E-state index is 12.5. The van der Waals surface area contributed by atoms with Crippen molar-refractivity contribution in [2.45, 2.75) is 26.9 Å². The molecule has 0 atom stereocenters. The van der Waals surface area contributed by atoms with Crippen LogP contribution in [0.2, 0.25) is 0 Å². The highest BCUT2D eigenvalue weighted by atomic mass is 16.1. The summed E-state index contributed by atoms with van der Waals surface area (Å²) in [4.78, 5) is 24.1. The molecule has 3 rings (SSSR count). The Kier molecular flexibility index (Phi) is 6.61. The number of amides is 1. The minimum absolute atomic E-state index is 0.0604. The highest BCUT2D eigenvalue weighted by molar-refractivity contribution is 5.95. The van der Waals surface area contributed by atoms with E-state index in [4.69, 9.17) is 0 Å². The van der Waals surface area contributed by atoms with E-state index in [0.29, 0.717) is 35.5 Å². The molecular weight excluding hydrogens is 374 g/mol. The molecule has 0 bridgehead atoms. The summed E-state index contributed by atoms with van der Waals surface area (Å²) in [6.07, 6.45) is 0. The van der Waals surface area contributed by atoms with Crippen molar-refractivity contribution in [3.05, 3.63) is 100 Å². The second-order valence-electron chi connectivity index (χ2n) is 7.15. The van der Waals surface area contributed by atoms with E-state index in [9.17, 15) is 14.9 Å². The molecule has 0 aromatic heterocycles. The zero-order chi connectivity index (χ0) is 21.5. The summed E-state index contributed by atoms with van der Waals surface area (Å²) >= 11 is 0. The van der Waals surface area contributed by atoms with Crippen LogP contribution in [0.4, 0.5) is 5.69 Å². The number of carbonyl (C=O) groups is 2. The summed E-state index contributed by atoms with van der Waals surface area (Å²) in [5.41, 5.74) is 5.29. The molecule has 0 aliphatic carbocycles. The van der Waals surface area contributed by atoms with Crippen LogP contribution in [0.3, 0.4) is 0 Å². The second-order valence-corrected chi connectivity index (χ2v) is 7.15. The summed E-state index contributed by atoms with van der Waals surface area (Å²) in [6.45, 7) is 4.40. The largest absolute Gasteiger partial charge is 0.380 e. The van der Waals surface area contributed by atoms with Gasteiger partial charge in [-0.05, 0) is 55.3 Å². The first-order valence-electron chi connectivity index (χ1n) is 9.68. The quantitative estimate of drug-likeness (QED) is 0.570. The van der Waals surface area contributed by atoms with Crippen LogP contribution in [0.25, 0.3) is 0 Å². The number of ketones is 1. The second kappa shape index (κ2) is 9.53. The Balaban J connectivity index is 1.66. The van der Waals surface area contributed by atoms with Gasteiger partial charge in [0.1, 0.15) is 6.07 Å². The van der Waals surface area contributed by atoms with Crippen LogP contribution in [-0.4, -0.2) is 11.7 Å². The normalized spacial score (nSPS) is 10.2. The number of hydrogen-bond donors (Lipinski definition) is 2. The number of anilines is 1.